The zero-order valence-electron chi connectivity index (χ0n) is 12.9. The van der Waals surface area contributed by atoms with Crippen molar-refractivity contribution in [3.63, 3.8) is 0 Å². The Bertz CT molecular complexity index is 814. The fraction of sp³-hybridized carbons (Fsp3) is 0.467. The minimum atomic E-state index is -2.98. The predicted molar refractivity (Wildman–Crippen MR) is 85.7 cm³/mol. The number of hydrogen-bond acceptors (Lipinski definition) is 5. The number of carbonyl (C=O) groups is 1. The second kappa shape index (κ2) is 6.29. The van der Waals surface area contributed by atoms with E-state index in [0.29, 0.717) is 5.82 Å². The average Bonchev–Trinajstić information content (AvgIpc) is 2.88. The Morgan fingerprint density at radius 3 is 2.83 bits per heavy atom. The SMILES string of the molecule is Cc1ccc2nc(COCC(=O)N3CCS(=O)(=O)CC3)[nH]c2c1. The Morgan fingerprint density at radius 1 is 1.35 bits per heavy atom. The fourth-order valence-corrected chi connectivity index (χ4v) is 3.73. The van der Waals surface area contributed by atoms with Crippen LogP contribution >= 0.6 is 0 Å². The predicted octanol–water partition coefficient (Wildman–Crippen LogP) is 0.645. The van der Waals surface area contributed by atoms with Crippen LogP contribution in [-0.2, 0) is 26.0 Å². The van der Waals surface area contributed by atoms with Gasteiger partial charge in [-0.05, 0) is 24.6 Å². The number of imidazole rings is 1. The van der Waals surface area contributed by atoms with Gasteiger partial charge in [-0.3, -0.25) is 4.79 Å². The highest BCUT2D eigenvalue weighted by Gasteiger charge is 2.24. The summed E-state index contributed by atoms with van der Waals surface area (Å²) >= 11 is 0. The second-order valence-electron chi connectivity index (χ2n) is 5.73. The van der Waals surface area contributed by atoms with Crippen LogP contribution in [0.25, 0.3) is 11.0 Å². The Hall–Kier alpha value is -1.93. The van der Waals surface area contributed by atoms with Gasteiger partial charge in [0.15, 0.2) is 9.84 Å². The highest BCUT2D eigenvalue weighted by atomic mass is 32.2. The number of aromatic nitrogens is 2. The molecule has 1 N–H and O–H groups in total. The lowest BCUT2D eigenvalue weighted by molar-refractivity contribution is -0.136. The number of sulfone groups is 1. The maximum absolute atomic E-state index is 12.0. The number of aryl methyl sites for hydroxylation is 1. The zero-order valence-corrected chi connectivity index (χ0v) is 13.7. The summed E-state index contributed by atoms with van der Waals surface area (Å²) in [7, 11) is -2.98. The number of carbonyl (C=O) groups excluding carboxylic acids is 1. The third-order valence-electron chi connectivity index (χ3n) is 3.85. The number of H-pyrrole nitrogens is 1. The number of benzene rings is 1. The molecule has 7 nitrogen and oxygen atoms in total. The van der Waals surface area contributed by atoms with E-state index < -0.39 is 9.84 Å². The molecule has 1 aliphatic rings. The van der Waals surface area contributed by atoms with Gasteiger partial charge >= 0.3 is 0 Å². The summed E-state index contributed by atoms with van der Waals surface area (Å²) < 4.78 is 28.1. The molecule has 0 unspecified atom stereocenters. The van der Waals surface area contributed by atoms with E-state index in [1.165, 1.54) is 4.90 Å². The molecule has 1 fully saturated rings. The van der Waals surface area contributed by atoms with E-state index in [2.05, 4.69) is 9.97 Å². The van der Waals surface area contributed by atoms with Crippen LogP contribution in [-0.4, -0.2) is 60.4 Å². The van der Waals surface area contributed by atoms with E-state index in [1.54, 1.807) is 0 Å². The van der Waals surface area contributed by atoms with Crippen LogP contribution in [0.1, 0.15) is 11.4 Å². The van der Waals surface area contributed by atoms with Crippen LogP contribution < -0.4 is 0 Å². The molecule has 1 amide bonds. The first-order valence-corrected chi connectivity index (χ1v) is 9.26. The number of amides is 1. The lowest BCUT2D eigenvalue weighted by Crippen LogP contribution is -2.45. The van der Waals surface area contributed by atoms with E-state index >= 15 is 0 Å². The first-order chi connectivity index (χ1) is 10.9. The molecule has 0 spiro atoms. The zero-order chi connectivity index (χ0) is 16.4. The van der Waals surface area contributed by atoms with Gasteiger partial charge in [0.2, 0.25) is 5.91 Å². The molecular weight excluding hydrogens is 318 g/mol. The third kappa shape index (κ3) is 3.89. The Labute approximate surface area is 134 Å². The smallest absolute Gasteiger partial charge is 0.248 e. The molecule has 1 aliphatic heterocycles. The number of fused-ring (bicyclic) bond motifs is 1. The largest absolute Gasteiger partial charge is 0.364 e. The average molecular weight is 337 g/mol. The van der Waals surface area contributed by atoms with Crippen molar-refractivity contribution in [1.29, 1.82) is 0 Å². The number of nitrogens with one attached hydrogen (secondary N) is 1. The van der Waals surface area contributed by atoms with Crippen molar-refractivity contribution in [1.82, 2.24) is 14.9 Å². The maximum Gasteiger partial charge on any atom is 0.248 e. The summed E-state index contributed by atoms with van der Waals surface area (Å²) in [5.41, 5.74) is 2.95. The van der Waals surface area contributed by atoms with Gasteiger partial charge < -0.3 is 14.6 Å². The van der Waals surface area contributed by atoms with Gasteiger partial charge in [-0.1, -0.05) is 6.07 Å². The van der Waals surface area contributed by atoms with Gasteiger partial charge in [-0.25, -0.2) is 13.4 Å². The normalized spacial score (nSPS) is 17.5. The summed E-state index contributed by atoms with van der Waals surface area (Å²) in [5.74, 6) is 0.537. The minimum absolute atomic E-state index is 0.0294. The molecule has 0 atom stereocenters. The topological polar surface area (TPSA) is 92.4 Å². The lowest BCUT2D eigenvalue weighted by atomic mass is 10.2. The molecule has 3 rings (SSSR count). The van der Waals surface area contributed by atoms with E-state index in [-0.39, 0.29) is 43.7 Å². The van der Waals surface area contributed by atoms with Gasteiger partial charge in [-0.2, -0.15) is 0 Å². The molecule has 0 saturated carbocycles. The standard InChI is InChI=1S/C15H19N3O4S/c1-11-2-3-12-13(8-11)17-14(16-12)9-22-10-15(19)18-4-6-23(20,21)7-5-18/h2-3,8H,4-7,9-10H2,1H3,(H,16,17). The van der Waals surface area contributed by atoms with Crippen molar-refractivity contribution < 1.29 is 17.9 Å². The number of aromatic amines is 1. The molecule has 0 bridgehead atoms. The summed E-state index contributed by atoms with van der Waals surface area (Å²) in [4.78, 5) is 21.1. The highest BCUT2D eigenvalue weighted by Crippen LogP contribution is 2.13. The molecule has 8 heteroatoms. The number of nitrogens with zero attached hydrogens (tertiary/aromatic N) is 2. The monoisotopic (exact) mass is 337 g/mol. The minimum Gasteiger partial charge on any atom is -0.364 e. The molecule has 2 aromatic rings. The highest BCUT2D eigenvalue weighted by molar-refractivity contribution is 7.91. The Morgan fingerprint density at radius 2 is 2.09 bits per heavy atom. The van der Waals surface area contributed by atoms with E-state index in [4.69, 9.17) is 4.74 Å². The molecule has 0 aliphatic carbocycles. The van der Waals surface area contributed by atoms with Crippen molar-refractivity contribution >= 4 is 26.8 Å². The lowest BCUT2D eigenvalue weighted by Gasteiger charge is -2.26. The number of rotatable bonds is 4. The van der Waals surface area contributed by atoms with E-state index in [1.807, 2.05) is 25.1 Å². The van der Waals surface area contributed by atoms with Gasteiger partial charge in [0.05, 0.1) is 22.5 Å². The van der Waals surface area contributed by atoms with Crippen LogP contribution in [0.3, 0.4) is 0 Å². The molecule has 1 aromatic heterocycles. The summed E-state index contributed by atoms with van der Waals surface area (Å²) in [6.45, 7) is 2.64. The summed E-state index contributed by atoms with van der Waals surface area (Å²) in [6.07, 6.45) is 0. The van der Waals surface area contributed by atoms with Crippen molar-refractivity contribution in [3.8, 4) is 0 Å². The second-order valence-corrected chi connectivity index (χ2v) is 8.03. The van der Waals surface area contributed by atoms with Crippen LogP contribution in [0.5, 0.6) is 0 Å². The van der Waals surface area contributed by atoms with Crippen LogP contribution in [0, 0.1) is 6.92 Å². The molecule has 0 radical (unpaired) electrons. The van der Waals surface area contributed by atoms with Gasteiger partial charge in [0.25, 0.3) is 0 Å². The van der Waals surface area contributed by atoms with Crippen molar-refractivity contribution in [2.75, 3.05) is 31.2 Å². The Balaban J connectivity index is 1.51. The van der Waals surface area contributed by atoms with Crippen molar-refractivity contribution in [2.24, 2.45) is 0 Å². The molecule has 23 heavy (non-hydrogen) atoms. The van der Waals surface area contributed by atoms with Crippen LogP contribution in [0.15, 0.2) is 18.2 Å². The molecule has 124 valence electrons. The first-order valence-electron chi connectivity index (χ1n) is 7.44. The van der Waals surface area contributed by atoms with Crippen molar-refractivity contribution in [2.45, 2.75) is 13.5 Å². The molecule has 1 aromatic carbocycles. The molecule has 1 saturated heterocycles. The summed E-state index contributed by atoms with van der Waals surface area (Å²) in [6, 6.07) is 5.93. The van der Waals surface area contributed by atoms with Gasteiger partial charge in [-0.15, -0.1) is 0 Å². The quantitative estimate of drug-likeness (QED) is 0.884. The van der Waals surface area contributed by atoms with Gasteiger partial charge in [0.1, 0.15) is 19.0 Å². The molecular formula is C15H19N3O4S. The maximum atomic E-state index is 12.0. The van der Waals surface area contributed by atoms with Crippen LogP contribution in [0.4, 0.5) is 0 Å². The fourth-order valence-electron chi connectivity index (χ4n) is 2.53. The first kappa shape index (κ1) is 15.9. The van der Waals surface area contributed by atoms with Crippen molar-refractivity contribution in [3.05, 3.63) is 29.6 Å². The number of ether oxygens (including phenoxy) is 1. The van der Waals surface area contributed by atoms with Crippen LogP contribution in [0.2, 0.25) is 0 Å². The summed E-state index contributed by atoms with van der Waals surface area (Å²) in [5, 5.41) is 0. The van der Waals surface area contributed by atoms with E-state index in [9.17, 15) is 13.2 Å². The Kier molecular flexibility index (Phi) is 4.36. The molecule has 2 heterocycles. The van der Waals surface area contributed by atoms with E-state index in [0.717, 1.165) is 16.6 Å². The van der Waals surface area contributed by atoms with Gasteiger partial charge in [0, 0.05) is 13.1 Å². The third-order valence-corrected chi connectivity index (χ3v) is 5.46. The number of hydrogen-bond donors (Lipinski definition) is 1.